The second-order valence-corrected chi connectivity index (χ2v) is 2.96. The molecule has 0 aliphatic rings. The van der Waals surface area contributed by atoms with Crippen LogP contribution >= 0.6 is 0 Å². The molecule has 0 rings (SSSR count). The fraction of sp³-hybridized carbons (Fsp3) is 0.600. The molecule has 0 heterocycles. The number of rotatable bonds is 4. The van der Waals surface area contributed by atoms with E-state index in [4.69, 9.17) is 0 Å². The first-order chi connectivity index (χ1) is 5.16. The highest BCUT2D eigenvalue weighted by Crippen LogP contribution is 2.02. The molecule has 0 amide bonds. The molecular formula is C10H18O. The van der Waals surface area contributed by atoms with Gasteiger partial charge in [-0.15, -0.1) is 0 Å². The molecule has 0 saturated carbocycles. The van der Waals surface area contributed by atoms with Gasteiger partial charge in [0.15, 0.2) is 0 Å². The summed E-state index contributed by atoms with van der Waals surface area (Å²) in [6, 6.07) is 0. The van der Waals surface area contributed by atoms with E-state index < -0.39 is 0 Å². The molecule has 1 atom stereocenters. The molecule has 1 nitrogen and oxygen atoms in total. The minimum absolute atomic E-state index is 0.267. The number of allylic oxidation sites excluding steroid dienone is 3. The molecular weight excluding hydrogens is 136 g/mol. The molecule has 0 aromatic rings. The van der Waals surface area contributed by atoms with Gasteiger partial charge in [0.1, 0.15) is 0 Å². The van der Waals surface area contributed by atoms with Gasteiger partial charge < -0.3 is 5.11 Å². The fourth-order valence-corrected chi connectivity index (χ4v) is 0.902. The highest BCUT2D eigenvalue weighted by atomic mass is 16.3. The van der Waals surface area contributed by atoms with Crippen molar-refractivity contribution in [2.75, 3.05) is 0 Å². The summed E-state index contributed by atoms with van der Waals surface area (Å²) >= 11 is 0. The molecule has 0 aromatic heterocycles. The van der Waals surface area contributed by atoms with Crippen molar-refractivity contribution in [2.45, 2.75) is 39.7 Å². The zero-order chi connectivity index (χ0) is 8.69. The summed E-state index contributed by atoms with van der Waals surface area (Å²) in [5.74, 6) is 0. The van der Waals surface area contributed by atoms with Crippen LogP contribution in [0.2, 0.25) is 0 Å². The summed E-state index contributed by atoms with van der Waals surface area (Å²) < 4.78 is 0. The standard InChI is InChI=1S/C10H18O/c1-4-5-6-7-10(11)8-9(2)3/h4-5,8,10-11H,6-7H2,1-3H3/b5-4+. The smallest absolute Gasteiger partial charge is 0.0726 e. The lowest BCUT2D eigenvalue weighted by molar-refractivity contribution is 0.213. The molecule has 0 saturated heterocycles. The fourth-order valence-electron chi connectivity index (χ4n) is 0.902. The van der Waals surface area contributed by atoms with Crippen molar-refractivity contribution in [1.82, 2.24) is 0 Å². The molecule has 0 aromatic carbocycles. The van der Waals surface area contributed by atoms with Gasteiger partial charge in [-0.3, -0.25) is 0 Å². The number of aliphatic hydroxyl groups is 1. The summed E-state index contributed by atoms with van der Waals surface area (Å²) in [4.78, 5) is 0. The minimum atomic E-state index is -0.267. The Morgan fingerprint density at radius 1 is 1.45 bits per heavy atom. The summed E-state index contributed by atoms with van der Waals surface area (Å²) in [6.07, 6.45) is 7.49. The Hall–Kier alpha value is -0.560. The molecule has 64 valence electrons. The zero-order valence-corrected chi connectivity index (χ0v) is 7.67. The van der Waals surface area contributed by atoms with Gasteiger partial charge in [0, 0.05) is 0 Å². The summed E-state index contributed by atoms with van der Waals surface area (Å²) in [6.45, 7) is 5.99. The van der Waals surface area contributed by atoms with Gasteiger partial charge in [0.2, 0.25) is 0 Å². The highest BCUT2D eigenvalue weighted by molar-refractivity contribution is 4.98. The Bertz CT molecular complexity index is 141. The van der Waals surface area contributed by atoms with Crippen LogP contribution in [0.3, 0.4) is 0 Å². The van der Waals surface area contributed by atoms with Crippen molar-refractivity contribution < 1.29 is 5.11 Å². The van der Waals surface area contributed by atoms with E-state index in [0.29, 0.717) is 0 Å². The number of aliphatic hydroxyl groups excluding tert-OH is 1. The first-order valence-corrected chi connectivity index (χ1v) is 4.11. The van der Waals surface area contributed by atoms with Gasteiger partial charge in [0.25, 0.3) is 0 Å². The van der Waals surface area contributed by atoms with E-state index >= 15 is 0 Å². The maximum Gasteiger partial charge on any atom is 0.0726 e. The van der Waals surface area contributed by atoms with Crippen LogP contribution in [0.5, 0.6) is 0 Å². The molecule has 0 spiro atoms. The Labute approximate surface area is 69.4 Å². The van der Waals surface area contributed by atoms with Gasteiger partial charge in [-0.05, 0) is 33.6 Å². The highest BCUT2D eigenvalue weighted by Gasteiger charge is 1.96. The molecule has 1 heteroatoms. The molecule has 0 fully saturated rings. The molecule has 0 radical (unpaired) electrons. The Kier molecular flexibility index (Phi) is 5.86. The van der Waals surface area contributed by atoms with Gasteiger partial charge in [-0.1, -0.05) is 23.8 Å². The van der Waals surface area contributed by atoms with Crippen LogP contribution in [0.25, 0.3) is 0 Å². The average Bonchev–Trinajstić information content (AvgIpc) is 1.86. The van der Waals surface area contributed by atoms with Gasteiger partial charge >= 0.3 is 0 Å². The lowest BCUT2D eigenvalue weighted by atomic mass is 10.1. The second-order valence-electron chi connectivity index (χ2n) is 2.96. The van der Waals surface area contributed by atoms with E-state index in [1.54, 1.807) is 0 Å². The van der Waals surface area contributed by atoms with Crippen molar-refractivity contribution >= 4 is 0 Å². The molecule has 11 heavy (non-hydrogen) atoms. The third kappa shape index (κ3) is 7.34. The minimum Gasteiger partial charge on any atom is -0.389 e. The van der Waals surface area contributed by atoms with Crippen molar-refractivity contribution in [3.63, 3.8) is 0 Å². The van der Waals surface area contributed by atoms with E-state index in [1.807, 2.05) is 32.9 Å². The number of hydrogen-bond acceptors (Lipinski definition) is 1. The first-order valence-electron chi connectivity index (χ1n) is 4.11. The maximum absolute atomic E-state index is 9.34. The van der Waals surface area contributed by atoms with Crippen LogP contribution in [0.4, 0.5) is 0 Å². The van der Waals surface area contributed by atoms with Gasteiger partial charge in [0.05, 0.1) is 6.10 Å². The molecule has 1 unspecified atom stereocenters. The summed E-state index contributed by atoms with van der Waals surface area (Å²) in [5, 5.41) is 9.34. The Morgan fingerprint density at radius 2 is 2.09 bits per heavy atom. The van der Waals surface area contributed by atoms with E-state index in [2.05, 4.69) is 6.08 Å². The predicted molar refractivity (Wildman–Crippen MR) is 49.5 cm³/mol. The quantitative estimate of drug-likeness (QED) is 0.617. The lowest BCUT2D eigenvalue weighted by Gasteiger charge is -2.02. The summed E-state index contributed by atoms with van der Waals surface area (Å²) in [7, 11) is 0. The second kappa shape index (κ2) is 6.17. The van der Waals surface area contributed by atoms with Crippen LogP contribution in [-0.2, 0) is 0 Å². The Balaban J connectivity index is 3.53. The zero-order valence-electron chi connectivity index (χ0n) is 7.67. The average molecular weight is 154 g/mol. The van der Waals surface area contributed by atoms with Crippen LogP contribution in [0.15, 0.2) is 23.8 Å². The van der Waals surface area contributed by atoms with Crippen molar-refractivity contribution in [3.8, 4) is 0 Å². The van der Waals surface area contributed by atoms with Crippen molar-refractivity contribution in [1.29, 1.82) is 0 Å². The van der Waals surface area contributed by atoms with Crippen LogP contribution in [-0.4, -0.2) is 11.2 Å². The molecule has 0 aliphatic heterocycles. The third-order valence-electron chi connectivity index (χ3n) is 1.39. The molecule has 0 aliphatic carbocycles. The van der Waals surface area contributed by atoms with Crippen LogP contribution in [0, 0.1) is 0 Å². The number of hydrogen-bond donors (Lipinski definition) is 1. The van der Waals surface area contributed by atoms with Gasteiger partial charge in [-0.25, -0.2) is 0 Å². The predicted octanol–water partition coefficient (Wildman–Crippen LogP) is 2.67. The van der Waals surface area contributed by atoms with E-state index in [0.717, 1.165) is 12.8 Å². The largest absolute Gasteiger partial charge is 0.389 e. The topological polar surface area (TPSA) is 20.2 Å². The SMILES string of the molecule is C/C=C/CCC(O)C=C(C)C. The third-order valence-corrected chi connectivity index (χ3v) is 1.39. The molecule has 0 bridgehead atoms. The lowest BCUT2D eigenvalue weighted by Crippen LogP contribution is -2.01. The first kappa shape index (κ1) is 10.4. The van der Waals surface area contributed by atoms with E-state index in [1.165, 1.54) is 5.57 Å². The van der Waals surface area contributed by atoms with Crippen molar-refractivity contribution in [3.05, 3.63) is 23.8 Å². The van der Waals surface area contributed by atoms with Gasteiger partial charge in [-0.2, -0.15) is 0 Å². The maximum atomic E-state index is 9.34. The van der Waals surface area contributed by atoms with E-state index in [9.17, 15) is 5.11 Å². The van der Waals surface area contributed by atoms with Crippen LogP contribution in [0.1, 0.15) is 33.6 Å². The molecule has 1 N–H and O–H groups in total. The Morgan fingerprint density at radius 3 is 2.55 bits per heavy atom. The normalized spacial score (nSPS) is 13.5. The van der Waals surface area contributed by atoms with E-state index in [-0.39, 0.29) is 6.10 Å². The monoisotopic (exact) mass is 154 g/mol. The van der Waals surface area contributed by atoms with Crippen LogP contribution < -0.4 is 0 Å². The van der Waals surface area contributed by atoms with Crippen molar-refractivity contribution in [2.24, 2.45) is 0 Å². The summed E-state index contributed by atoms with van der Waals surface area (Å²) in [5.41, 5.74) is 1.18.